The molecule has 12 heavy (non-hydrogen) atoms. The largest absolute Gasteiger partial charge is 0.399 e. The van der Waals surface area contributed by atoms with Crippen molar-refractivity contribution < 1.29 is 0 Å². The van der Waals surface area contributed by atoms with Gasteiger partial charge in [-0.1, -0.05) is 18.2 Å². The van der Waals surface area contributed by atoms with E-state index >= 15 is 0 Å². The summed E-state index contributed by atoms with van der Waals surface area (Å²) < 4.78 is 0. The highest BCUT2D eigenvalue weighted by atomic mass is 35.5. The lowest BCUT2D eigenvalue weighted by molar-refractivity contribution is 1.01. The monoisotopic (exact) mass is 184 g/mol. The van der Waals surface area contributed by atoms with E-state index in [1.807, 2.05) is 6.08 Å². The van der Waals surface area contributed by atoms with E-state index in [4.69, 9.17) is 17.3 Å². The van der Waals surface area contributed by atoms with Gasteiger partial charge in [0.05, 0.1) is 0 Å². The molecule has 2 nitrogen and oxygen atoms in total. The number of rotatable bonds is 3. The molecular formula is C9H13ClN2. The van der Waals surface area contributed by atoms with Gasteiger partial charge in [0, 0.05) is 12.7 Å². The van der Waals surface area contributed by atoms with Gasteiger partial charge in [-0.25, -0.2) is 0 Å². The standard InChI is InChI=1S/C9H13ClN2/c1-6(11)8(7-3-4-7)5-9(10)12-2/h5,7H,1,3-4,11H2,2H3/b8-5+,12-9?. The molecule has 0 amide bonds. The molecule has 1 aliphatic rings. The van der Waals surface area contributed by atoms with E-state index in [2.05, 4.69) is 11.6 Å². The first-order valence-corrected chi connectivity index (χ1v) is 4.31. The molecule has 1 saturated carbocycles. The fourth-order valence-corrected chi connectivity index (χ4v) is 1.18. The van der Waals surface area contributed by atoms with Crippen LogP contribution in [0.4, 0.5) is 0 Å². The van der Waals surface area contributed by atoms with Gasteiger partial charge in [-0.3, -0.25) is 4.99 Å². The minimum atomic E-state index is 0.489. The number of nitrogens with zero attached hydrogens (tertiary/aromatic N) is 1. The van der Waals surface area contributed by atoms with Gasteiger partial charge in [-0.2, -0.15) is 0 Å². The van der Waals surface area contributed by atoms with Crippen LogP contribution in [0.15, 0.2) is 28.9 Å². The van der Waals surface area contributed by atoms with Crippen molar-refractivity contribution in [2.45, 2.75) is 12.8 Å². The predicted molar refractivity (Wildman–Crippen MR) is 53.3 cm³/mol. The third-order valence-corrected chi connectivity index (χ3v) is 2.15. The summed E-state index contributed by atoms with van der Waals surface area (Å²) in [5, 5.41) is 0.489. The predicted octanol–water partition coefficient (Wildman–Crippen LogP) is 2.06. The third kappa shape index (κ3) is 2.38. The van der Waals surface area contributed by atoms with Crippen LogP contribution in [-0.4, -0.2) is 12.2 Å². The minimum Gasteiger partial charge on any atom is -0.399 e. The van der Waals surface area contributed by atoms with Crippen LogP contribution >= 0.6 is 11.6 Å². The lowest BCUT2D eigenvalue weighted by Crippen LogP contribution is -2.02. The van der Waals surface area contributed by atoms with Gasteiger partial charge in [0.2, 0.25) is 0 Å². The molecule has 0 spiro atoms. The van der Waals surface area contributed by atoms with Crippen molar-refractivity contribution in [2.24, 2.45) is 16.6 Å². The van der Waals surface area contributed by atoms with E-state index in [0.29, 0.717) is 16.8 Å². The molecule has 0 saturated heterocycles. The van der Waals surface area contributed by atoms with Crippen molar-refractivity contribution in [1.29, 1.82) is 0 Å². The van der Waals surface area contributed by atoms with E-state index in [1.165, 1.54) is 12.8 Å². The van der Waals surface area contributed by atoms with Gasteiger partial charge in [0.15, 0.2) is 0 Å². The Morgan fingerprint density at radius 1 is 1.67 bits per heavy atom. The summed E-state index contributed by atoms with van der Waals surface area (Å²) in [4.78, 5) is 3.83. The highest BCUT2D eigenvalue weighted by Gasteiger charge is 2.26. The van der Waals surface area contributed by atoms with Crippen LogP contribution in [0.25, 0.3) is 0 Å². The molecule has 0 aromatic carbocycles. The zero-order valence-electron chi connectivity index (χ0n) is 7.18. The van der Waals surface area contributed by atoms with Crippen LogP contribution in [0.2, 0.25) is 0 Å². The highest BCUT2D eigenvalue weighted by molar-refractivity contribution is 6.68. The number of aliphatic imine (C=N–C) groups is 1. The summed E-state index contributed by atoms with van der Waals surface area (Å²) >= 11 is 5.75. The molecule has 0 aliphatic heterocycles. The first-order valence-electron chi connectivity index (χ1n) is 3.93. The molecule has 1 fully saturated rings. The van der Waals surface area contributed by atoms with Crippen LogP contribution in [0.3, 0.4) is 0 Å². The van der Waals surface area contributed by atoms with E-state index in [-0.39, 0.29) is 0 Å². The SMILES string of the molecule is C=C(N)/C(=C\C(Cl)=NC)C1CC1. The lowest BCUT2D eigenvalue weighted by Gasteiger charge is -2.03. The Labute approximate surface area is 77.8 Å². The number of allylic oxidation sites excluding steroid dienone is 2. The summed E-state index contributed by atoms with van der Waals surface area (Å²) in [5.74, 6) is 0.568. The average molecular weight is 185 g/mol. The van der Waals surface area contributed by atoms with Gasteiger partial charge in [-0.15, -0.1) is 0 Å². The van der Waals surface area contributed by atoms with Crippen molar-refractivity contribution in [3.8, 4) is 0 Å². The Hall–Kier alpha value is -0.760. The lowest BCUT2D eigenvalue weighted by atomic mass is 10.1. The third-order valence-electron chi connectivity index (χ3n) is 1.88. The Balaban J connectivity index is 2.77. The Kier molecular flexibility index (Phi) is 2.93. The second-order valence-electron chi connectivity index (χ2n) is 2.95. The molecule has 0 bridgehead atoms. The zero-order chi connectivity index (χ0) is 9.14. The van der Waals surface area contributed by atoms with Gasteiger partial charge in [0.1, 0.15) is 5.17 Å². The fraction of sp³-hybridized carbons (Fsp3) is 0.444. The molecule has 0 radical (unpaired) electrons. The number of hydrogen-bond donors (Lipinski definition) is 1. The molecular weight excluding hydrogens is 172 g/mol. The summed E-state index contributed by atoms with van der Waals surface area (Å²) in [6, 6.07) is 0. The second-order valence-corrected chi connectivity index (χ2v) is 3.33. The molecule has 0 aromatic heterocycles. The van der Waals surface area contributed by atoms with E-state index < -0.39 is 0 Å². The minimum absolute atomic E-state index is 0.489. The van der Waals surface area contributed by atoms with Crippen molar-refractivity contribution in [3.63, 3.8) is 0 Å². The topological polar surface area (TPSA) is 38.4 Å². The summed E-state index contributed by atoms with van der Waals surface area (Å²) in [6.45, 7) is 3.70. The molecule has 2 N–H and O–H groups in total. The second kappa shape index (κ2) is 3.76. The Morgan fingerprint density at radius 3 is 2.58 bits per heavy atom. The van der Waals surface area contributed by atoms with Crippen LogP contribution in [0.1, 0.15) is 12.8 Å². The molecule has 1 rings (SSSR count). The van der Waals surface area contributed by atoms with Crippen molar-refractivity contribution in [1.82, 2.24) is 0 Å². The van der Waals surface area contributed by atoms with Crippen LogP contribution in [0, 0.1) is 5.92 Å². The quantitative estimate of drug-likeness (QED) is 0.529. The number of hydrogen-bond acceptors (Lipinski definition) is 2. The van der Waals surface area contributed by atoms with E-state index in [9.17, 15) is 0 Å². The fourth-order valence-electron chi connectivity index (χ4n) is 1.06. The molecule has 0 atom stereocenters. The van der Waals surface area contributed by atoms with Crippen LogP contribution in [-0.2, 0) is 0 Å². The highest BCUT2D eigenvalue weighted by Crippen LogP contribution is 2.38. The first kappa shape index (κ1) is 9.33. The molecule has 0 heterocycles. The molecule has 1 aliphatic carbocycles. The summed E-state index contributed by atoms with van der Waals surface area (Å²) in [5.41, 5.74) is 7.26. The van der Waals surface area contributed by atoms with Gasteiger partial charge < -0.3 is 5.73 Å². The van der Waals surface area contributed by atoms with Crippen LogP contribution < -0.4 is 5.73 Å². The first-order chi connectivity index (χ1) is 5.65. The number of nitrogens with two attached hydrogens (primary N) is 1. The average Bonchev–Trinajstić information content (AvgIpc) is 2.81. The molecule has 0 unspecified atom stereocenters. The maximum atomic E-state index is 5.75. The van der Waals surface area contributed by atoms with Crippen molar-refractivity contribution in [2.75, 3.05) is 7.05 Å². The zero-order valence-corrected chi connectivity index (χ0v) is 7.93. The van der Waals surface area contributed by atoms with Gasteiger partial charge >= 0.3 is 0 Å². The Bertz CT molecular complexity index is 249. The van der Waals surface area contributed by atoms with Crippen molar-refractivity contribution >= 4 is 16.8 Å². The Morgan fingerprint density at radius 2 is 2.25 bits per heavy atom. The summed E-state index contributed by atoms with van der Waals surface area (Å²) in [7, 11) is 1.66. The molecule has 66 valence electrons. The van der Waals surface area contributed by atoms with Gasteiger partial charge in [0.25, 0.3) is 0 Å². The van der Waals surface area contributed by atoms with Crippen LogP contribution in [0.5, 0.6) is 0 Å². The van der Waals surface area contributed by atoms with E-state index in [0.717, 1.165) is 5.57 Å². The normalized spacial score (nSPS) is 19.5. The smallest absolute Gasteiger partial charge is 0.123 e. The van der Waals surface area contributed by atoms with E-state index in [1.54, 1.807) is 7.05 Å². The van der Waals surface area contributed by atoms with Gasteiger partial charge in [-0.05, 0) is 30.4 Å². The maximum Gasteiger partial charge on any atom is 0.123 e. The molecule has 3 heteroatoms. The van der Waals surface area contributed by atoms with Crippen molar-refractivity contribution in [3.05, 3.63) is 23.9 Å². The molecule has 0 aromatic rings. The summed E-state index contributed by atoms with van der Waals surface area (Å²) in [6.07, 6.45) is 4.19. The number of halogens is 1. The maximum absolute atomic E-state index is 5.75.